The van der Waals surface area contributed by atoms with Crippen molar-refractivity contribution in [2.75, 3.05) is 13.2 Å². The van der Waals surface area contributed by atoms with Crippen molar-refractivity contribution < 1.29 is 19.4 Å². The predicted molar refractivity (Wildman–Crippen MR) is 62.8 cm³/mol. The average Bonchev–Trinajstić information content (AvgIpc) is 2.30. The molecule has 94 valence electrons. The third kappa shape index (κ3) is 3.96. The normalized spacial score (nSPS) is 10.0. The molecule has 0 saturated heterocycles. The summed E-state index contributed by atoms with van der Waals surface area (Å²) in [5, 5.41) is 9.19. The van der Waals surface area contributed by atoms with Gasteiger partial charge in [-0.25, -0.2) is 0 Å². The van der Waals surface area contributed by atoms with Gasteiger partial charge < -0.3 is 20.3 Å². The fourth-order valence-electron chi connectivity index (χ4n) is 1.37. The first kappa shape index (κ1) is 13.3. The zero-order valence-electron chi connectivity index (χ0n) is 9.81. The van der Waals surface area contributed by atoms with Crippen LogP contribution in [-0.2, 0) is 11.4 Å². The van der Waals surface area contributed by atoms with E-state index in [1.165, 1.54) is 0 Å². The van der Waals surface area contributed by atoms with Crippen LogP contribution in [-0.4, -0.2) is 24.2 Å². The van der Waals surface area contributed by atoms with Gasteiger partial charge in [-0.1, -0.05) is 12.1 Å². The van der Waals surface area contributed by atoms with Crippen LogP contribution in [0.2, 0.25) is 0 Å². The maximum atomic E-state index is 10.6. The van der Waals surface area contributed by atoms with Crippen molar-refractivity contribution in [1.82, 2.24) is 0 Å². The number of para-hydroxylation sites is 1. The monoisotopic (exact) mass is 239 g/mol. The van der Waals surface area contributed by atoms with Crippen LogP contribution in [0.1, 0.15) is 18.9 Å². The number of hydrogen-bond donors (Lipinski definition) is 2. The number of carbonyl (C=O) groups excluding carboxylic acids is 1. The number of primary amides is 1. The van der Waals surface area contributed by atoms with Crippen LogP contribution in [0.15, 0.2) is 18.2 Å². The van der Waals surface area contributed by atoms with Gasteiger partial charge in [-0.2, -0.15) is 0 Å². The fourth-order valence-corrected chi connectivity index (χ4v) is 1.37. The Morgan fingerprint density at radius 1 is 1.41 bits per heavy atom. The van der Waals surface area contributed by atoms with Gasteiger partial charge in [0.05, 0.1) is 26.2 Å². The molecule has 3 N–H and O–H groups in total. The van der Waals surface area contributed by atoms with Gasteiger partial charge in [0.1, 0.15) is 0 Å². The molecule has 1 aromatic carbocycles. The smallest absolute Gasteiger partial charge is 0.220 e. The number of amides is 1. The molecule has 17 heavy (non-hydrogen) atoms. The number of aliphatic hydroxyl groups is 1. The van der Waals surface area contributed by atoms with Crippen LogP contribution >= 0.6 is 0 Å². The summed E-state index contributed by atoms with van der Waals surface area (Å²) < 4.78 is 10.8. The zero-order valence-corrected chi connectivity index (χ0v) is 9.81. The van der Waals surface area contributed by atoms with Crippen molar-refractivity contribution in [2.24, 2.45) is 5.73 Å². The highest BCUT2D eigenvalue weighted by Crippen LogP contribution is 2.31. The molecule has 0 aliphatic heterocycles. The van der Waals surface area contributed by atoms with Crippen LogP contribution in [0.4, 0.5) is 0 Å². The minimum absolute atomic E-state index is 0.130. The maximum absolute atomic E-state index is 10.6. The Labute approximate surface area is 100 Å². The van der Waals surface area contributed by atoms with E-state index >= 15 is 0 Å². The summed E-state index contributed by atoms with van der Waals surface area (Å²) in [5.41, 5.74) is 5.65. The van der Waals surface area contributed by atoms with Gasteiger partial charge in [0.25, 0.3) is 0 Å². The molecule has 5 nitrogen and oxygen atoms in total. The van der Waals surface area contributed by atoms with Crippen molar-refractivity contribution in [2.45, 2.75) is 20.0 Å². The van der Waals surface area contributed by atoms with Gasteiger partial charge in [-0.3, -0.25) is 4.79 Å². The lowest BCUT2D eigenvalue weighted by atomic mass is 10.2. The van der Waals surface area contributed by atoms with Crippen LogP contribution in [0.3, 0.4) is 0 Å². The fraction of sp³-hybridized carbons (Fsp3) is 0.417. The quantitative estimate of drug-likeness (QED) is 0.738. The molecule has 0 bridgehead atoms. The number of hydrogen-bond acceptors (Lipinski definition) is 4. The SMILES string of the molecule is CCOc1cccc(CO)c1OCCC(N)=O. The molecule has 0 spiro atoms. The first-order valence-electron chi connectivity index (χ1n) is 5.45. The number of aliphatic hydroxyl groups excluding tert-OH is 1. The molecule has 0 fully saturated rings. The van der Waals surface area contributed by atoms with Gasteiger partial charge in [0, 0.05) is 5.56 Å². The number of benzene rings is 1. The Morgan fingerprint density at radius 3 is 2.76 bits per heavy atom. The molecule has 0 saturated carbocycles. The summed E-state index contributed by atoms with van der Waals surface area (Å²) in [6, 6.07) is 5.27. The zero-order chi connectivity index (χ0) is 12.7. The van der Waals surface area contributed by atoms with E-state index in [-0.39, 0.29) is 19.6 Å². The summed E-state index contributed by atoms with van der Waals surface area (Å²) in [5.74, 6) is 0.603. The molecule has 0 aromatic heterocycles. The highest BCUT2D eigenvalue weighted by Gasteiger charge is 2.10. The second kappa shape index (κ2) is 6.75. The summed E-state index contributed by atoms with van der Waals surface area (Å²) >= 11 is 0. The molecular weight excluding hydrogens is 222 g/mol. The minimum Gasteiger partial charge on any atom is -0.490 e. The molecule has 0 aliphatic rings. The highest BCUT2D eigenvalue weighted by atomic mass is 16.5. The average molecular weight is 239 g/mol. The Kier molecular flexibility index (Phi) is 5.29. The Hall–Kier alpha value is -1.75. The Morgan fingerprint density at radius 2 is 2.18 bits per heavy atom. The van der Waals surface area contributed by atoms with E-state index < -0.39 is 5.91 Å². The van der Waals surface area contributed by atoms with Gasteiger partial charge in [-0.15, -0.1) is 0 Å². The first-order chi connectivity index (χ1) is 8.19. The highest BCUT2D eigenvalue weighted by molar-refractivity contribution is 5.73. The second-order valence-electron chi connectivity index (χ2n) is 3.40. The lowest BCUT2D eigenvalue weighted by Crippen LogP contribution is -2.15. The van der Waals surface area contributed by atoms with E-state index in [2.05, 4.69) is 0 Å². The summed E-state index contributed by atoms with van der Waals surface area (Å²) in [4.78, 5) is 10.6. The van der Waals surface area contributed by atoms with Crippen LogP contribution in [0.25, 0.3) is 0 Å². The lowest BCUT2D eigenvalue weighted by Gasteiger charge is -2.14. The van der Waals surface area contributed by atoms with Gasteiger partial charge in [0.2, 0.25) is 5.91 Å². The Bertz CT molecular complexity index is 379. The number of nitrogens with two attached hydrogens (primary N) is 1. The molecule has 1 rings (SSSR count). The van der Waals surface area contributed by atoms with E-state index in [1.54, 1.807) is 18.2 Å². The summed E-state index contributed by atoms with van der Waals surface area (Å²) in [6.45, 7) is 2.39. The van der Waals surface area contributed by atoms with E-state index in [4.69, 9.17) is 15.2 Å². The van der Waals surface area contributed by atoms with Crippen LogP contribution in [0, 0.1) is 0 Å². The number of ether oxygens (including phenoxy) is 2. The number of carbonyl (C=O) groups is 1. The molecule has 1 amide bonds. The maximum Gasteiger partial charge on any atom is 0.220 e. The minimum atomic E-state index is -0.426. The van der Waals surface area contributed by atoms with Crippen molar-refractivity contribution in [1.29, 1.82) is 0 Å². The van der Waals surface area contributed by atoms with Crippen LogP contribution < -0.4 is 15.2 Å². The molecule has 5 heteroatoms. The van der Waals surface area contributed by atoms with Crippen molar-refractivity contribution in [3.8, 4) is 11.5 Å². The summed E-state index contributed by atoms with van der Waals surface area (Å²) in [7, 11) is 0. The molecule has 0 heterocycles. The predicted octanol–water partition coefficient (Wildman–Crippen LogP) is 0.832. The second-order valence-corrected chi connectivity index (χ2v) is 3.40. The van der Waals surface area contributed by atoms with Crippen molar-refractivity contribution >= 4 is 5.91 Å². The van der Waals surface area contributed by atoms with Crippen molar-refractivity contribution in [3.63, 3.8) is 0 Å². The standard InChI is InChI=1S/C12H17NO4/c1-2-16-10-5-3-4-9(8-14)12(10)17-7-6-11(13)15/h3-5,14H,2,6-8H2,1H3,(H2,13,15). The molecule has 0 radical (unpaired) electrons. The van der Waals surface area contributed by atoms with E-state index in [0.29, 0.717) is 23.7 Å². The van der Waals surface area contributed by atoms with Gasteiger partial charge in [-0.05, 0) is 13.0 Å². The van der Waals surface area contributed by atoms with E-state index in [1.807, 2.05) is 6.92 Å². The molecule has 0 atom stereocenters. The van der Waals surface area contributed by atoms with Gasteiger partial charge in [0.15, 0.2) is 11.5 Å². The third-order valence-electron chi connectivity index (χ3n) is 2.13. The van der Waals surface area contributed by atoms with Gasteiger partial charge >= 0.3 is 0 Å². The van der Waals surface area contributed by atoms with E-state index in [0.717, 1.165) is 0 Å². The Balaban J connectivity index is 2.80. The number of rotatable bonds is 7. The van der Waals surface area contributed by atoms with E-state index in [9.17, 15) is 9.90 Å². The largest absolute Gasteiger partial charge is 0.490 e. The lowest BCUT2D eigenvalue weighted by molar-refractivity contribution is -0.118. The molecule has 0 unspecified atom stereocenters. The third-order valence-corrected chi connectivity index (χ3v) is 2.13. The summed E-state index contributed by atoms with van der Waals surface area (Å²) in [6.07, 6.45) is 0.130. The van der Waals surface area contributed by atoms with Crippen LogP contribution in [0.5, 0.6) is 11.5 Å². The topological polar surface area (TPSA) is 81.8 Å². The van der Waals surface area contributed by atoms with Crippen molar-refractivity contribution in [3.05, 3.63) is 23.8 Å². The molecular formula is C12H17NO4. The molecule has 0 aliphatic carbocycles. The molecule has 1 aromatic rings. The first-order valence-corrected chi connectivity index (χ1v) is 5.45.